The predicted octanol–water partition coefficient (Wildman–Crippen LogP) is 3.32. The van der Waals surface area contributed by atoms with Gasteiger partial charge in [-0.3, -0.25) is 9.59 Å². The Hall–Kier alpha value is -2.36. The highest BCUT2D eigenvalue weighted by Crippen LogP contribution is 2.37. The lowest BCUT2D eigenvalue weighted by Crippen LogP contribution is -2.22. The normalized spacial score (nSPS) is 20.1. The van der Waals surface area contributed by atoms with E-state index >= 15 is 0 Å². The van der Waals surface area contributed by atoms with Crippen LogP contribution in [-0.2, 0) is 9.59 Å². The van der Waals surface area contributed by atoms with Crippen molar-refractivity contribution in [3.05, 3.63) is 36.2 Å². The van der Waals surface area contributed by atoms with E-state index in [1.165, 1.54) is 0 Å². The van der Waals surface area contributed by atoms with Crippen molar-refractivity contribution in [3.8, 4) is 0 Å². The molecule has 20 heavy (non-hydrogen) atoms. The third-order valence-corrected chi connectivity index (χ3v) is 4.14. The quantitative estimate of drug-likeness (QED) is 0.688. The Morgan fingerprint density at radius 1 is 1.20 bits per heavy atom. The van der Waals surface area contributed by atoms with Gasteiger partial charge in [-0.15, -0.1) is 0 Å². The molecule has 1 aromatic carbocycles. The van der Waals surface area contributed by atoms with E-state index in [0.29, 0.717) is 12.8 Å². The van der Waals surface area contributed by atoms with Gasteiger partial charge in [0, 0.05) is 40.4 Å². The van der Waals surface area contributed by atoms with E-state index in [2.05, 4.69) is 4.98 Å². The number of benzene rings is 1. The van der Waals surface area contributed by atoms with Gasteiger partial charge < -0.3 is 9.40 Å². The Bertz CT molecular complexity index is 840. The monoisotopic (exact) mass is 267 g/mol. The maximum absolute atomic E-state index is 12.2. The molecule has 0 radical (unpaired) electrons. The first kappa shape index (κ1) is 11.5. The van der Waals surface area contributed by atoms with Gasteiger partial charge in [-0.05, 0) is 24.6 Å². The van der Waals surface area contributed by atoms with Gasteiger partial charge in [-0.25, -0.2) is 0 Å². The Morgan fingerprint density at radius 3 is 2.95 bits per heavy atom. The summed E-state index contributed by atoms with van der Waals surface area (Å²) in [7, 11) is 0. The molecule has 4 nitrogen and oxygen atoms in total. The molecule has 1 atom stereocenters. The topological polar surface area (TPSA) is 63.1 Å². The van der Waals surface area contributed by atoms with Gasteiger partial charge in [0.2, 0.25) is 0 Å². The summed E-state index contributed by atoms with van der Waals surface area (Å²) in [6.45, 7) is 0. The second kappa shape index (κ2) is 4.07. The number of hydrogen-bond donors (Lipinski definition) is 1. The van der Waals surface area contributed by atoms with E-state index in [-0.39, 0.29) is 23.9 Å². The van der Waals surface area contributed by atoms with Crippen molar-refractivity contribution in [2.45, 2.75) is 25.2 Å². The fourth-order valence-electron chi connectivity index (χ4n) is 3.15. The minimum absolute atomic E-state index is 0.0106. The number of carbonyl (C=O) groups is 2. The standard InChI is InChI=1S/C16H13NO3/c18-9-1-2-10(14(19)7-9)12-8-20-15-4-3-13-11(16(12)15)5-6-17-13/h3-6,8,10,17H,1-2,7H2/t10-/m0/s1. The summed E-state index contributed by atoms with van der Waals surface area (Å²) in [4.78, 5) is 26.7. The summed E-state index contributed by atoms with van der Waals surface area (Å²) in [5, 5.41) is 2.06. The average Bonchev–Trinajstić information content (AvgIpc) is 3.03. The molecule has 2 heterocycles. The third-order valence-electron chi connectivity index (χ3n) is 4.14. The van der Waals surface area contributed by atoms with Gasteiger partial charge in [-0.2, -0.15) is 0 Å². The van der Waals surface area contributed by atoms with Gasteiger partial charge in [-0.1, -0.05) is 0 Å². The highest BCUT2D eigenvalue weighted by Gasteiger charge is 2.31. The van der Waals surface area contributed by atoms with Gasteiger partial charge >= 0.3 is 0 Å². The lowest BCUT2D eigenvalue weighted by molar-refractivity contribution is -0.130. The molecule has 0 spiro atoms. The SMILES string of the molecule is O=C1CC[C@@H](c2coc3ccc4[nH]ccc4c23)C(=O)C1. The molecule has 0 amide bonds. The Balaban J connectivity index is 1.93. The first-order valence-corrected chi connectivity index (χ1v) is 6.75. The van der Waals surface area contributed by atoms with Crippen LogP contribution < -0.4 is 0 Å². The van der Waals surface area contributed by atoms with Crippen LogP contribution in [0.1, 0.15) is 30.7 Å². The van der Waals surface area contributed by atoms with E-state index in [1.807, 2.05) is 24.4 Å². The average molecular weight is 267 g/mol. The zero-order valence-electron chi connectivity index (χ0n) is 10.8. The minimum atomic E-state index is -0.213. The molecule has 4 rings (SSSR count). The molecule has 1 aliphatic rings. The molecule has 1 saturated carbocycles. The van der Waals surface area contributed by atoms with Gasteiger partial charge in [0.15, 0.2) is 0 Å². The second-order valence-corrected chi connectivity index (χ2v) is 5.34. The van der Waals surface area contributed by atoms with Crippen molar-refractivity contribution in [1.29, 1.82) is 0 Å². The highest BCUT2D eigenvalue weighted by atomic mass is 16.3. The third kappa shape index (κ3) is 1.54. The maximum atomic E-state index is 12.2. The first-order valence-electron chi connectivity index (χ1n) is 6.75. The molecular weight excluding hydrogens is 254 g/mol. The van der Waals surface area contributed by atoms with Crippen LogP contribution in [0.5, 0.6) is 0 Å². The molecule has 0 unspecified atom stereocenters. The summed E-state index contributed by atoms with van der Waals surface area (Å²) < 4.78 is 5.60. The van der Waals surface area contributed by atoms with Crippen molar-refractivity contribution in [3.63, 3.8) is 0 Å². The van der Waals surface area contributed by atoms with Gasteiger partial charge in [0.25, 0.3) is 0 Å². The van der Waals surface area contributed by atoms with Crippen LogP contribution >= 0.6 is 0 Å². The molecule has 1 aliphatic carbocycles. The van der Waals surface area contributed by atoms with Gasteiger partial charge in [0.05, 0.1) is 12.7 Å². The lowest BCUT2D eigenvalue weighted by Gasteiger charge is -2.18. The Kier molecular flexibility index (Phi) is 2.33. The summed E-state index contributed by atoms with van der Waals surface area (Å²) in [5.41, 5.74) is 2.74. The molecule has 3 aromatic rings. The lowest BCUT2D eigenvalue weighted by atomic mass is 9.82. The molecule has 100 valence electrons. The van der Waals surface area contributed by atoms with E-state index in [4.69, 9.17) is 4.42 Å². The van der Waals surface area contributed by atoms with E-state index in [0.717, 1.165) is 27.4 Å². The largest absolute Gasteiger partial charge is 0.464 e. The van der Waals surface area contributed by atoms with Crippen molar-refractivity contribution in [1.82, 2.24) is 4.98 Å². The Morgan fingerprint density at radius 2 is 2.10 bits per heavy atom. The highest BCUT2D eigenvalue weighted by molar-refractivity contribution is 6.11. The summed E-state index contributed by atoms with van der Waals surface area (Å²) in [5.74, 6) is -0.156. The molecule has 4 heteroatoms. The van der Waals surface area contributed by atoms with Crippen LogP contribution in [0, 0.1) is 0 Å². The maximum Gasteiger partial charge on any atom is 0.147 e. The molecule has 1 fully saturated rings. The van der Waals surface area contributed by atoms with Gasteiger partial charge in [0.1, 0.15) is 17.1 Å². The Labute approximate surface area is 114 Å². The van der Waals surface area contributed by atoms with E-state index in [1.54, 1.807) is 6.26 Å². The first-order chi connectivity index (χ1) is 9.74. The van der Waals surface area contributed by atoms with Crippen LogP contribution in [0.2, 0.25) is 0 Å². The van der Waals surface area contributed by atoms with Crippen LogP contribution in [-0.4, -0.2) is 16.6 Å². The number of H-pyrrole nitrogens is 1. The molecule has 2 aromatic heterocycles. The fourth-order valence-corrected chi connectivity index (χ4v) is 3.15. The van der Waals surface area contributed by atoms with Crippen molar-refractivity contribution in [2.24, 2.45) is 0 Å². The number of rotatable bonds is 1. The number of Topliss-reactive ketones (excluding diaryl/α,β-unsaturated/α-hetero) is 2. The smallest absolute Gasteiger partial charge is 0.147 e. The summed E-state index contributed by atoms with van der Waals surface area (Å²) >= 11 is 0. The molecule has 0 aliphatic heterocycles. The van der Waals surface area contributed by atoms with E-state index < -0.39 is 0 Å². The van der Waals surface area contributed by atoms with Crippen LogP contribution in [0.15, 0.2) is 35.1 Å². The number of aromatic amines is 1. The van der Waals surface area contributed by atoms with Crippen molar-refractivity contribution < 1.29 is 14.0 Å². The number of carbonyl (C=O) groups excluding carboxylic acids is 2. The minimum Gasteiger partial charge on any atom is -0.464 e. The molecular formula is C16H13NO3. The molecule has 1 N–H and O–H groups in total. The number of furan rings is 1. The van der Waals surface area contributed by atoms with Crippen LogP contribution in [0.3, 0.4) is 0 Å². The van der Waals surface area contributed by atoms with Crippen molar-refractivity contribution in [2.75, 3.05) is 0 Å². The summed E-state index contributed by atoms with van der Waals surface area (Å²) in [6, 6.07) is 5.88. The predicted molar refractivity (Wildman–Crippen MR) is 74.7 cm³/mol. The number of nitrogens with one attached hydrogen (secondary N) is 1. The fraction of sp³-hybridized carbons (Fsp3) is 0.250. The number of hydrogen-bond acceptors (Lipinski definition) is 3. The van der Waals surface area contributed by atoms with Crippen LogP contribution in [0.25, 0.3) is 21.9 Å². The summed E-state index contributed by atoms with van der Waals surface area (Å²) in [6.07, 6.45) is 4.68. The second-order valence-electron chi connectivity index (χ2n) is 5.34. The number of ketones is 2. The zero-order valence-corrected chi connectivity index (χ0v) is 10.8. The molecule has 0 bridgehead atoms. The van der Waals surface area contributed by atoms with Crippen LogP contribution in [0.4, 0.5) is 0 Å². The number of aromatic nitrogens is 1. The van der Waals surface area contributed by atoms with Crippen molar-refractivity contribution >= 4 is 33.4 Å². The number of fused-ring (bicyclic) bond motifs is 3. The molecule has 0 saturated heterocycles. The van der Waals surface area contributed by atoms with E-state index in [9.17, 15) is 9.59 Å². The zero-order chi connectivity index (χ0) is 13.7.